The van der Waals surface area contributed by atoms with Crippen LogP contribution in [0.5, 0.6) is 5.75 Å². The third kappa shape index (κ3) is 4.94. The Bertz CT molecular complexity index is 1120. The van der Waals surface area contributed by atoms with Crippen molar-refractivity contribution >= 4 is 22.5 Å². The van der Waals surface area contributed by atoms with Gasteiger partial charge in [0.25, 0.3) is 0 Å². The Balaban J connectivity index is 1.75. The number of halogens is 2. The van der Waals surface area contributed by atoms with Crippen LogP contribution in [0.4, 0.5) is 4.39 Å². The number of hydrogen-bond donors (Lipinski definition) is 1. The number of aromatic nitrogens is 1. The van der Waals surface area contributed by atoms with Crippen molar-refractivity contribution in [2.24, 2.45) is 5.92 Å². The van der Waals surface area contributed by atoms with E-state index in [1.54, 1.807) is 24.4 Å². The lowest BCUT2D eigenvalue weighted by Crippen LogP contribution is -2.17. The number of ether oxygens (including phenoxy) is 1. The summed E-state index contributed by atoms with van der Waals surface area (Å²) in [6, 6.07) is 10.1. The standard InChI is InChI=1S/C25H27ClFNO3/c26-21-8-4-7-19(24(21)27)13-18-14-20-22(30)9-10-28(11-12-29)25(20)23(15-18)31-16-17-5-2-1-3-6-17/h4,7-10,14-15,17,29H,1-3,5-6,11-13,16H2. The second-order valence-electron chi connectivity index (χ2n) is 8.29. The first kappa shape index (κ1) is 21.8. The van der Waals surface area contributed by atoms with Gasteiger partial charge < -0.3 is 14.4 Å². The van der Waals surface area contributed by atoms with E-state index >= 15 is 0 Å². The maximum atomic E-state index is 14.5. The van der Waals surface area contributed by atoms with Crippen molar-refractivity contribution in [3.05, 3.63) is 74.8 Å². The zero-order valence-electron chi connectivity index (χ0n) is 17.4. The summed E-state index contributed by atoms with van der Waals surface area (Å²) >= 11 is 5.95. The third-order valence-corrected chi connectivity index (χ3v) is 6.35. The van der Waals surface area contributed by atoms with Gasteiger partial charge in [-0.15, -0.1) is 0 Å². The predicted molar refractivity (Wildman–Crippen MR) is 122 cm³/mol. The van der Waals surface area contributed by atoms with Gasteiger partial charge in [-0.1, -0.05) is 43.0 Å². The Morgan fingerprint density at radius 1 is 1.16 bits per heavy atom. The molecule has 2 aromatic carbocycles. The molecule has 0 aliphatic heterocycles. The molecule has 1 fully saturated rings. The Kier molecular flexibility index (Phi) is 6.93. The van der Waals surface area contributed by atoms with Crippen LogP contribution in [0, 0.1) is 11.7 Å². The van der Waals surface area contributed by atoms with Crippen LogP contribution in [-0.2, 0) is 13.0 Å². The molecule has 31 heavy (non-hydrogen) atoms. The SMILES string of the molecule is O=c1ccn(CCO)c2c(OCC3CCCCC3)cc(Cc3cccc(Cl)c3F)cc12. The molecule has 1 N–H and O–H groups in total. The zero-order valence-corrected chi connectivity index (χ0v) is 18.2. The minimum Gasteiger partial charge on any atom is -0.491 e. The fraction of sp³-hybridized carbons (Fsp3) is 0.400. The minimum absolute atomic E-state index is 0.0461. The number of hydrogen-bond acceptors (Lipinski definition) is 3. The topological polar surface area (TPSA) is 51.5 Å². The molecule has 4 rings (SSSR count). The lowest BCUT2D eigenvalue weighted by atomic mass is 9.90. The lowest BCUT2D eigenvalue weighted by molar-refractivity contribution is 0.209. The smallest absolute Gasteiger partial charge is 0.189 e. The molecule has 164 valence electrons. The quantitative estimate of drug-likeness (QED) is 0.536. The highest BCUT2D eigenvalue weighted by Gasteiger charge is 2.18. The second-order valence-corrected chi connectivity index (χ2v) is 8.70. The van der Waals surface area contributed by atoms with Crippen LogP contribution in [0.15, 0.2) is 47.4 Å². The molecule has 0 unspecified atom stereocenters. The molecule has 0 amide bonds. The van der Waals surface area contributed by atoms with Gasteiger partial charge in [-0.05, 0) is 48.1 Å². The summed E-state index contributed by atoms with van der Waals surface area (Å²) in [5.74, 6) is 0.658. The molecule has 0 bridgehead atoms. The van der Waals surface area contributed by atoms with Gasteiger partial charge in [0.2, 0.25) is 0 Å². The molecule has 1 saturated carbocycles. The zero-order chi connectivity index (χ0) is 21.8. The van der Waals surface area contributed by atoms with Crippen LogP contribution in [0.2, 0.25) is 5.02 Å². The van der Waals surface area contributed by atoms with Gasteiger partial charge in [0, 0.05) is 30.6 Å². The predicted octanol–water partition coefficient (Wildman–Crippen LogP) is 5.34. The van der Waals surface area contributed by atoms with Crippen LogP contribution < -0.4 is 10.2 Å². The van der Waals surface area contributed by atoms with Gasteiger partial charge in [0.05, 0.1) is 23.8 Å². The summed E-state index contributed by atoms with van der Waals surface area (Å²) in [7, 11) is 0. The fourth-order valence-electron chi connectivity index (χ4n) is 4.44. The molecule has 0 radical (unpaired) electrons. The molecule has 1 aliphatic carbocycles. The number of pyridine rings is 1. The fourth-order valence-corrected chi connectivity index (χ4v) is 4.64. The van der Waals surface area contributed by atoms with E-state index in [4.69, 9.17) is 16.3 Å². The van der Waals surface area contributed by atoms with Crippen molar-refractivity contribution in [1.29, 1.82) is 0 Å². The number of rotatable bonds is 7. The highest BCUT2D eigenvalue weighted by molar-refractivity contribution is 6.30. The van der Waals surface area contributed by atoms with Crippen LogP contribution in [0.3, 0.4) is 0 Å². The van der Waals surface area contributed by atoms with Crippen LogP contribution in [-0.4, -0.2) is 22.9 Å². The van der Waals surface area contributed by atoms with E-state index in [1.807, 2.05) is 10.6 Å². The number of benzene rings is 2. The van der Waals surface area contributed by atoms with Gasteiger partial charge in [-0.3, -0.25) is 4.79 Å². The van der Waals surface area contributed by atoms with E-state index in [-0.39, 0.29) is 17.1 Å². The van der Waals surface area contributed by atoms with E-state index in [0.29, 0.717) is 47.7 Å². The Labute approximate surface area is 186 Å². The Morgan fingerprint density at radius 2 is 1.97 bits per heavy atom. The van der Waals surface area contributed by atoms with Crippen molar-refractivity contribution in [1.82, 2.24) is 4.57 Å². The lowest BCUT2D eigenvalue weighted by Gasteiger charge is -2.23. The number of aliphatic hydroxyl groups excluding tert-OH is 1. The first-order valence-corrected chi connectivity index (χ1v) is 11.3. The van der Waals surface area contributed by atoms with Crippen LogP contribution >= 0.6 is 11.6 Å². The first-order valence-electron chi connectivity index (χ1n) is 10.9. The highest BCUT2D eigenvalue weighted by Crippen LogP contribution is 2.31. The van der Waals surface area contributed by atoms with Gasteiger partial charge >= 0.3 is 0 Å². The van der Waals surface area contributed by atoms with Gasteiger partial charge in [0.1, 0.15) is 11.6 Å². The molecule has 0 atom stereocenters. The van der Waals surface area contributed by atoms with Gasteiger partial charge in [0.15, 0.2) is 5.43 Å². The summed E-state index contributed by atoms with van der Waals surface area (Å²) in [6.07, 6.45) is 8.00. The maximum absolute atomic E-state index is 14.5. The molecule has 0 spiro atoms. The van der Waals surface area contributed by atoms with Crippen LogP contribution in [0.25, 0.3) is 10.9 Å². The summed E-state index contributed by atoms with van der Waals surface area (Å²) < 4.78 is 22.6. The van der Waals surface area contributed by atoms with Crippen molar-refractivity contribution in [2.45, 2.75) is 45.1 Å². The minimum atomic E-state index is -0.445. The molecule has 1 aromatic heterocycles. The number of nitrogens with zero attached hydrogens (tertiary/aromatic N) is 1. The molecule has 4 nitrogen and oxygen atoms in total. The maximum Gasteiger partial charge on any atom is 0.189 e. The third-order valence-electron chi connectivity index (χ3n) is 6.06. The van der Waals surface area contributed by atoms with E-state index in [9.17, 15) is 14.3 Å². The van der Waals surface area contributed by atoms with Gasteiger partial charge in [-0.25, -0.2) is 4.39 Å². The van der Waals surface area contributed by atoms with Crippen molar-refractivity contribution in [3.8, 4) is 5.75 Å². The van der Waals surface area contributed by atoms with Crippen molar-refractivity contribution in [2.75, 3.05) is 13.2 Å². The van der Waals surface area contributed by atoms with E-state index in [0.717, 1.165) is 18.4 Å². The Hall–Kier alpha value is -2.37. The Morgan fingerprint density at radius 3 is 2.74 bits per heavy atom. The van der Waals surface area contributed by atoms with E-state index < -0.39 is 5.82 Å². The average Bonchev–Trinajstić information content (AvgIpc) is 2.78. The van der Waals surface area contributed by atoms with Crippen molar-refractivity contribution in [3.63, 3.8) is 0 Å². The summed E-state index contributed by atoms with van der Waals surface area (Å²) in [5, 5.41) is 10.1. The van der Waals surface area contributed by atoms with E-state index in [1.165, 1.54) is 31.4 Å². The van der Waals surface area contributed by atoms with Crippen LogP contribution in [0.1, 0.15) is 43.2 Å². The molecular weight excluding hydrogens is 417 g/mol. The average molecular weight is 444 g/mol. The highest BCUT2D eigenvalue weighted by atomic mass is 35.5. The molecular formula is C25H27ClFNO3. The number of fused-ring (bicyclic) bond motifs is 1. The molecule has 0 saturated heterocycles. The normalized spacial score (nSPS) is 14.8. The summed E-state index contributed by atoms with van der Waals surface area (Å²) in [5.41, 5.74) is 1.80. The largest absolute Gasteiger partial charge is 0.491 e. The molecule has 3 aromatic rings. The molecule has 1 heterocycles. The monoisotopic (exact) mass is 443 g/mol. The molecule has 1 aliphatic rings. The van der Waals surface area contributed by atoms with Crippen molar-refractivity contribution < 1.29 is 14.2 Å². The van der Waals surface area contributed by atoms with E-state index in [2.05, 4.69) is 0 Å². The molecule has 6 heteroatoms. The summed E-state index contributed by atoms with van der Waals surface area (Å²) in [6.45, 7) is 0.903. The second kappa shape index (κ2) is 9.84. The van der Waals surface area contributed by atoms with Gasteiger partial charge in [-0.2, -0.15) is 0 Å². The number of aliphatic hydroxyl groups is 1. The first-order chi connectivity index (χ1) is 15.1. The summed E-state index contributed by atoms with van der Waals surface area (Å²) in [4.78, 5) is 12.7.